The van der Waals surface area contributed by atoms with E-state index in [1.165, 1.54) is 0 Å². The predicted molar refractivity (Wildman–Crippen MR) is 68.9 cm³/mol. The van der Waals surface area contributed by atoms with Crippen LogP contribution in [0.1, 0.15) is 29.5 Å². The summed E-state index contributed by atoms with van der Waals surface area (Å²) in [5.74, 6) is 0.458. The molecule has 0 unspecified atom stereocenters. The van der Waals surface area contributed by atoms with E-state index in [-0.39, 0.29) is 12.1 Å². The minimum absolute atomic E-state index is 0.0480. The summed E-state index contributed by atoms with van der Waals surface area (Å²) in [6.07, 6.45) is 1.68. The molecular weight excluding hydrogens is 298 g/mol. The second-order valence-corrected chi connectivity index (χ2v) is 5.72. The number of carbonyl (C=O) groups is 1. The van der Waals surface area contributed by atoms with Crippen LogP contribution in [0.15, 0.2) is 21.7 Å². The number of aliphatic imine (C=N–C) groups is 1. The van der Waals surface area contributed by atoms with Crippen molar-refractivity contribution < 1.29 is 4.79 Å². The lowest BCUT2D eigenvalue weighted by atomic mass is 10.0. The largest absolute Gasteiger partial charge is 0.370 e. The van der Waals surface area contributed by atoms with Crippen molar-refractivity contribution in [3.05, 3.63) is 22.4 Å². The van der Waals surface area contributed by atoms with Crippen molar-refractivity contribution in [2.45, 2.75) is 24.7 Å². The Labute approximate surface area is 112 Å². The molecule has 3 N–H and O–H groups in total. The summed E-state index contributed by atoms with van der Waals surface area (Å²) < 4.78 is 2.79. The lowest BCUT2D eigenvalue weighted by Crippen LogP contribution is -2.63. The highest BCUT2D eigenvalue weighted by Gasteiger charge is 2.58. The van der Waals surface area contributed by atoms with Crippen LogP contribution in [0.25, 0.3) is 0 Å². The Balaban J connectivity index is 1.99. The molecule has 18 heavy (non-hydrogen) atoms. The zero-order valence-electron chi connectivity index (χ0n) is 9.56. The first-order valence-electron chi connectivity index (χ1n) is 5.94. The van der Waals surface area contributed by atoms with Gasteiger partial charge in [-0.05, 0) is 40.9 Å². The van der Waals surface area contributed by atoms with Crippen molar-refractivity contribution in [3.8, 4) is 0 Å². The zero-order valence-corrected chi connectivity index (χ0v) is 11.1. The Bertz CT molecular complexity index is 594. The number of hydrogen-bond donors (Lipinski definition) is 2. The van der Waals surface area contributed by atoms with Crippen molar-refractivity contribution in [1.82, 2.24) is 14.8 Å². The average Bonchev–Trinajstić information content (AvgIpc) is 2.97. The van der Waals surface area contributed by atoms with Gasteiger partial charge in [0, 0.05) is 6.54 Å². The number of nitrogens with one attached hydrogen (secondary N) is 1. The molecule has 1 aromatic rings. The Morgan fingerprint density at radius 2 is 2.39 bits per heavy atom. The molecule has 6 nitrogen and oxygen atoms in total. The summed E-state index contributed by atoms with van der Waals surface area (Å²) in [6.45, 7) is 0.758. The Kier molecular flexibility index (Phi) is 1.79. The molecule has 2 atom stereocenters. The van der Waals surface area contributed by atoms with Gasteiger partial charge in [0.2, 0.25) is 0 Å². The van der Waals surface area contributed by atoms with E-state index in [0.717, 1.165) is 24.0 Å². The first-order chi connectivity index (χ1) is 8.63. The molecular formula is C11H12BrN5O. The van der Waals surface area contributed by atoms with Crippen molar-refractivity contribution in [2.75, 3.05) is 6.54 Å². The van der Waals surface area contributed by atoms with E-state index in [2.05, 4.69) is 26.2 Å². The lowest BCUT2D eigenvalue weighted by molar-refractivity contribution is 0.0323. The maximum absolute atomic E-state index is 12.5. The highest BCUT2D eigenvalue weighted by atomic mass is 79.9. The maximum Gasteiger partial charge on any atom is 0.272 e. The zero-order chi connectivity index (χ0) is 12.5. The summed E-state index contributed by atoms with van der Waals surface area (Å²) in [6, 6.07) is 3.71. The van der Waals surface area contributed by atoms with Crippen molar-refractivity contribution in [1.29, 1.82) is 0 Å². The monoisotopic (exact) mass is 309 g/mol. The van der Waals surface area contributed by atoms with E-state index in [1.54, 1.807) is 0 Å². The fraction of sp³-hybridized carbons (Fsp3) is 0.455. The molecule has 0 aromatic carbocycles. The van der Waals surface area contributed by atoms with Crippen molar-refractivity contribution >= 4 is 27.8 Å². The SMILES string of the molecule is NC1=N[C@H]2n3c(Br)ccc3C(=O)N3CCC[C@@]23N1. The van der Waals surface area contributed by atoms with Gasteiger partial charge in [-0.3, -0.25) is 4.79 Å². The number of hydrogen-bond acceptors (Lipinski definition) is 4. The standard InChI is InChI=1S/C11H12BrN5O/c12-7-3-2-6-8(18)16-5-1-4-11(16)9(17(6)7)14-10(13)15-11/h2-3,9H,1,4-5H2,(H3,13,14,15)/t9-,11-/m0/s1. The molecule has 3 aliphatic heterocycles. The van der Waals surface area contributed by atoms with Gasteiger partial charge in [0.05, 0.1) is 4.60 Å². The minimum atomic E-state index is -0.463. The lowest BCUT2D eigenvalue weighted by Gasteiger charge is -2.43. The summed E-state index contributed by atoms with van der Waals surface area (Å²) in [4.78, 5) is 18.9. The second kappa shape index (κ2) is 3.09. The van der Waals surface area contributed by atoms with Crippen LogP contribution in [-0.2, 0) is 0 Å². The van der Waals surface area contributed by atoms with E-state index in [0.29, 0.717) is 11.7 Å². The number of guanidine groups is 1. The van der Waals surface area contributed by atoms with Gasteiger partial charge in [-0.1, -0.05) is 0 Å². The number of fused-ring (bicyclic) bond motifs is 2. The number of rotatable bonds is 0. The molecule has 94 valence electrons. The summed E-state index contributed by atoms with van der Waals surface area (Å²) in [5, 5.41) is 3.21. The van der Waals surface area contributed by atoms with Gasteiger partial charge in [-0.2, -0.15) is 0 Å². The normalized spacial score (nSPS) is 32.7. The van der Waals surface area contributed by atoms with Crippen LogP contribution in [0.3, 0.4) is 0 Å². The highest BCUT2D eigenvalue weighted by molar-refractivity contribution is 9.10. The van der Waals surface area contributed by atoms with E-state index in [1.807, 2.05) is 21.6 Å². The number of amides is 1. The number of aromatic nitrogens is 1. The van der Waals surface area contributed by atoms with Gasteiger partial charge in [0.15, 0.2) is 17.8 Å². The topological polar surface area (TPSA) is 75.6 Å². The first kappa shape index (κ1) is 10.4. The molecule has 1 spiro atoms. The maximum atomic E-state index is 12.5. The average molecular weight is 310 g/mol. The number of nitrogens with zero attached hydrogens (tertiary/aromatic N) is 3. The quantitative estimate of drug-likeness (QED) is 0.737. The summed E-state index contributed by atoms with van der Waals surface area (Å²) in [7, 11) is 0. The third-order valence-electron chi connectivity index (χ3n) is 4.03. The smallest absolute Gasteiger partial charge is 0.272 e. The van der Waals surface area contributed by atoms with Crippen LogP contribution in [0.4, 0.5) is 0 Å². The van der Waals surface area contributed by atoms with E-state index >= 15 is 0 Å². The van der Waals surface area contributed by atoms with Crippen LogP contribution in [0.5, 0.6) is 0 Å². The van der Waals surface area contributed by atoms with Crippen LogP contribution >= 0.6 is 15.9 Å². The molecule has 1 saturated heterocycles. The minimum Gasteiger partial charge on any atom is -0.370 e. The van der Waals surface area contributed by atoms with E-state index in [9.17, 15) is 4.79 Å². The van der Waals surface area contributed by atoms with E-state index in [4.69, 9.17) is 5.73 Å². The summed E-state index contributed by atoms with van der Waals surface area (Å²) >= 11 is 3.48. The highest BCUT2D eigenvalue weighted by Crippen LogP contribution is 2.46. The molecule has 1 aromatic heterocycles. The van der Waals surface area contributed by atoms with Gasteiger partial charge in [-0.25, -0.2) is 4.99 Å². The fourth-order valence-corrected chi connectivity index (χ4v) is 3.85. The molecule has 4 heterocycles. The van der Waals surface area contributed by atoms with Gasteiger partial charge in [0.1, 0.15) is 5.69 Å². The third kappa shape index (κ3) is 0.996. The van der Waals surface area contributed by atoms with E-state index < -0.39 is 5.66 Å². The molecule has 0 bridgehead atoms. The molecule has 3 aliphatic rings. The number of nitrogens with two attached hydrogens (primary N) is 1. The predicted octanol–water partition coefficient (Wildman–Crippen LogP) is 0.613. The Morgan fingerprint density at radius 1 is 1.56 bits per heavy atom. The van der Waals surface area contributed by atoms with Gasteiger partial charge < -0.3 is 20.5 Å². The molecule has 1 amide bonds. The Morgan fingerprint density at radius 3 is 3.22 bits per heavy atom. The van der Waals surface area contributed by atoms with Crippen molar-refractivity contribution in [2.24, 2.45) is 10.7 Å². The molecule has 0 saturated carbocycles. The van der Waals surface area contributed by atoms with Crippen LogP contribution in [0.2, 0.25) is 0 Å². The second-order valence-electron chi connectivity index (χ2n) is 4.91. The summed E-state index contributed by atoms with van der Waals surface area (Å²) in [5.41, 5.74) is 6.05. The number of halogens is 1. The fourth-order valence-electron chi connectivity index (χ4n) is 3.34. The van der Waals surface area contributed by atoms with Crippen LogP contribution < -0.4 is 11.1 Å². The van der Waals surface area contributed by atoms with Crippen LogP contribution in [0, 0.1) is 0 Å². The molecule has 1 fully saturated rings. The molecule has 4 rings (SSSR count). The molecule has 7 heteroatoms. The first-order valence-corrected chi connectivity index (χ1v) is 6.73. The number of carbonyl (C=O) groups excluding carboxylic acids is 1. The molecule has 0 radical (unpaired) electrons. The van der Waals surface area contributed by atoms with Crippen molar-refractivity contribution in [3.63, 3.8) is 0 Å². The Hall–Kier alpha value is -1.50. The van der Waals surface area contributed by atoms with Gasteiger partial charge in [0.25, 0.3) is 5.91 Å². The van der Waals surface area contributed by atoms with Crippen LogP contribution in [-0.4, -0.2) is 33.5 Å². The van der Waals surface area contributed by atoms with Gasteiger partial charge >= 0.3 is 0 Å². The molecule has 0 aliphatic carbocycles. The van der Waals surface area contributed by atoms with Gasteiger partial charge in [-0.15, -0.1) is 0 Å². The third-order valence-corrected chi connectivity index (χ3v) is 4.68.